The molecule has 0 heterocycles. The number of nitrogens with one attached hydrogen (secondary N) is 3. The van der Waals surface area contributed by atoms with E-state index >= 15 is 0 Å². The minimum atomic E-state index is -4.94. The fourth-order valence-electron chi connectivity index (χ4n) is 3.07. The number of anilines is 2. The van der Waals surface area contributed by atoms with Crippen molar-refractivity contribution in [2.24, 2.45) is 5.92 Å². The monoisotopic (exact) mass is 531 g/mol. The lowest BCUT2D eigenvalue weighted by atomic mass is 10.0. The summed E-state index contributed by atoms with van der Waals surface area (Å²) in [5.74, 6) is -1.70. The first-order valence-corrected chi connectivity index (χ1v) is 12.5. The van der Waals surface area contributed by atoms with Crippen LogP contribution in [0.25, 0.3) is 0 Å². The van der Waals surface area contributed by atoms with Crippen LogP contribution in [-0.4, -0.2) is 39.2 Å². The van der Waals surface area contributed by atoms with Crippen molar-refractivity contribution in [2.45, 2.75) is 51.4 Å². The molecule has 0 aliphatic carbocycles. The Bertz CT molecular complexity index is 1190. The van der Waals surface area contributed by atoms with Crippen molar-refractivity contribution in [3.8, 4) is 11.5 Å². The molecule has 2 amide bonds. The summed E-state index contributed by atoms with van der Waals surface area (Å²) in [4.78, 5) is 24.2. The molecule has 0 spiro atoms. The molecule has 0 saturated heterocycles. The maximum absolute atomic E-state index is 13.0. The van der Waals surface area contributed by atoms with Crippen LogP contribution in [0, 0.1) is 5.92 Å². The van der Waals surface area contributed by atoms with Gasteiger partial charge in [0.25, 0.3) is 10.0 Å². The lowest BCUT2D eigenvalue weighted by molar-refractivity contribution is -0.274. The van der Waals surface area contributed by atoms with Crippen LogP contribution in [0.15, 0.2) is 47.4 Å². The molecule has 0 aromatic heterocycles. The van der Waals surface area contributed by atoms with Crippen molar-refractivity contribution in [1.29, 1.82) is 0 Å². The van der Waals surface area contributed by atoms with Gasteiger partial charge in [-0.15, -0.1) is 13.2 Å². The summed E-state index contributed by atoms with van der Waals surface area (Å²) in [5, 5.41) is 5.28. The predicted octanol–water partition coefficient (Wildman–Crippen LogP) is 4.27. The molecule has 13 heteroatoms. The molecule has 2 aromatic rings. The standard InChI is InChI=1S/C23H28F3N3O6S/c1-5-20(30)28-21(14(3)4)22(31)27-15-10-11-19(18(13-15)34-6-2)36(32,33)29-16-8-7-9-17(12-16)35-23(24,25)26/h7-14,21,29H,5-6H2,1-4H3,(H,27,31)(H,28,30)/t21-/m0/s1. The van der Waals surface area contributed by atoms with Crippen molar-refractivity contribution in [1.82, 2.24) is 5.32 Å². The van der Waals surface area contributed by atoms with E-state index in [4.69, 9.17) is 4.74 Å². The molecule has 0 aliphatic rings. The second kappa shape index (κ2) is 12.0. The molecule has 2 rings (SSSR count). The average molecular weight is 532 g/mol. The number of carbonyl (C=O) groups is 2. The fourth-order valence-corrected chi connectivity index (χ4v) is 4.25. The maximum atomic E-state index is 13.0. The summed E-state index contributed by atoms with van der Waals surface area (Å²) in [6.45, 7) is 6.91. The molecule has 1 atom stereocenters. The van der Waals surface area contributed by atoms with Gasteiger partial charge in [0.15, 0.2) is 0 Å². The van der Waals surface area contributed by atoms with Crippen molar-refractivity contribution in [3.05, 3.63) is 42.5 Å². The number of alkyl halides is 3. The van der Waals surface area contributed by atoms with Gasteiger partial charge in [-0.05, 0) is 37.1 Å². The number of hydrogen-bond donors (Lipinski definition) is 3. The van der Waals surface area contributed by atoms with Crippen LogP contribution >= 0.6 is 0 Å². The molecule has 0 bridgehead atoms. The van der Waals surface area contributed by atoms with Gasteiger partial charge in [-0.2, -0.15) is 0 Å². The Morgan fingerprint density at radius 3 is 2.31 bits per heavy atom. The van der Waals surface area contributed by atoms with Crippen molar-refractivity contribution in [3.63, 3.8) is 0 Å². The third-order valence-electron chi connectivity index (χ3n) is 4.71. The molecule has 198 valence electrons. The number of ether oxygens (including phenoxy) is 2. The predicted molar refractivity (Wildman–Crippen MR) is 127 cm³/mol. The Morgan fingerprint density at radius 2 is 1.72 bits per heavy atom. The van der Waals surface area contributed by atoms with Crippen LogP contribution in [0.2, 0.25) is 0 Å². The highest BCUT2D eigenvalue weighted by atomic mass is 32.2. The summed E-state index contributed by atoms with van der Waals surface area (Å²) in [6, 6.07) is 7.38. The largest absolute Gasteiger partial charge is 0.573 e. The van der Waals surface area contributed by atoms with Crippen molar-refractivity contribution >= 4 is 33.2 Å². The Morgan fingerprint density at radius 1 is 1.03 bits per heavy atom. The van der Waals surface area contributed by atoms with E-state index in [1.807, 2.05) is 0 Å². The third kappa shape index (κ3) is 8.33. The van der Waals surface area contributed by atoms with Gasteiger partial charge in [-0.25, -0.2) is 8.42 Å². The normalized spacial score (nSPS) is 12.6. The topological polar surface area (TPSA) is 123 Å². The van der Waals surface area contributed by atoms with Gasteiger partial charge in [0.2, 0.25) is 11.8 Å². The molecule has 3 N–H and O–H groups in total. The molecule has 0 saturated carbocycles. The maximum Gasteiger partial charge on any atom is 0.573 e. The molecule has 0 aliphatic heterocycles. The molecule has 0 unspecified atom stereocenters. The van der Waals surface area contributed by atoms with Crippen molar-refractivity contribution < 1.29 is 40.7 Å². The number of hydrogen-bond acceptors (Lipinski definition) is 6. The Balaban J connectivity index is 2.30. The first-order valence-electron chi connectivity index (χ1n) is 11.0. The molecule has 9 nitrogen and oxygen atoms in total. The Kier molecular flexibility index (Phi) is 9.56. The minimum Gasteiger partial charge on any atom is -0.492 e. The molecular formula is C23H28F3N3O6S. The van der Waals surface area contributed by atoms with Crippen LogP contribution in [0.4, 0.5) is 24.5 Å². The summed E-state index contributed by atoms with van der Waals surface area (Å²) >= 11 is 0. The van der Waals surface area contributed by atoms with E-state index in [9.17, 15) is 31.2 Å². The van der Waals surface area contributed by atoms with Gasteiger partial charge in [0.1, 0.15) is 22.4 Å². The summed E-state index contributed by atoms with van der Waals surface area (Å²) in [5.41, 5.74) is 0.0578. The second-order valence-electron chi connectivity index (χ2n) is 7.91. The summed E-state index contributed by atoms with van der Waals surface area (Å²) in [7, 11) is -4.30. The van der Waals surface area contributed by atoms with Crippen LogP contribution in [0.1, 0.15) is 34.1 Å². The Hall–Kier alpha value is -3.48. The third-order valence-corrected chi connectivity index (χ3v) is 6.13. The van der Waals surface area contributed by atoms with E-state index in [1.54, 1.807) is 27.7 Å². The molecular weight excluding hydrogens is 503 g/mol. The molecule has 0 fully saturated rings. The lowest BCUT2D eigenvalue weighted by Crippen LogP contribution is -2.46. The first-order chi connectivity index (χ1) is 16.8. The van der Waals surface area contributed by atoms with Crippen LogP contribution in [-0.2, 0) is 19.6 Å². The van der Waals surface area contributed by atoms with E-state index in [2.05, 4.69) is 20.1 Å². The van der Waals surface area contributed by atoms with E-state index in [1.165, 1.54) is 30.3 Å². The zero-order chi connectivity index (χ0) is 27.1. The molecule has 0 radical (unpaired) electrons. The molecule has 36 heavy (non-hydrogen) atoms. The number of carbonyl (C=O) groups excluding carboxylic acids is 2. The average Bonchev–Trinajstić information content (AvgIpc) is 2.76. The quantitative estimate of drug-likeness (QED) is 0.398. The van der Waals surface area contributed by atoms with E-state index in [0.717, 1.165) is 12.1 Å². The highest BCUT2D eigenvalue weighted by Gasteiger charge is 2.31. The van der Waals surface area contributed by atoms with E-state index < -0.39 is 34.1 Å². The van der Waals surface area contributed by atoms with Crippen LogP contribution < -0.4 is 24.8 Å². The second-order valence-corrected chi connectivity index (χ2v) is 9.56. The smallest absolute Gasteiger partial charge is 0.492 e. The minimum absolute atomic E-state index is 0.0933. The number of amides is 2. The van der Waals surface area contributed by atoms with E-state index in [-0.39, 0.29) is 46.9 Å². The number of benzene rings is 2. The van der Waals surface area contributed by atoms with Gasteiger partial charge in [0.05, 0.1) is 12.3 Å². The van der Waals surface area contributed by atoms with Gasteiger partial charge in [0, 0.05) is 24.2 Å². The van der Waals surface area contributed by atoms with Gasteiger partial charge in [-0.1, -0.05) is 26.8 Å². The summed E-state index contributed by atoms with van der Waals surface area (Å²) in [6.07, 6.45) is -4.73. The van der Waals surface area contributed by atoms with Crippen molar-refractivity contribution in [2.75, 3.05) is 16.6 Å². The Labute approximate surface area is 207 Å². The fraction of sp³-hybridized carbons (Fsp3) is 0.391. The van der Waals surface area contributed by atoms with Crippen LogP contribution in [0.5, 0.6) is 11.5 Å². The highest BCUT2D eigenvalue weighted by Crippen LogP contribution is 2.31. The number of halogens is 3. The summed E-state index contributed by atoms with van der Waals surface area (Å²) < 4.78 is 74.9. The zero-order valence-corrected chi connectivity index (χ0v) is 20.9. The van der Waals surface area contributed by atoms with E-state index in [0.29, 0.717) is 0 Å². The highest BCUT2D eigenvalue weighted by molar-refractivity contribution is 7.92. The number of rotatable bonds is 11. The SMILES string of the molecule is CCOc1cc(NC(=O)[C@@H](NC(=O)CC)C(C)C)ccc1S(=O)(=O)Nc1cccc(OC(F)(F)F)c1. The van der Waals surface area contributed by atoms with Gasteiger partial charge >= 0.3 is 6.36 Å². The zero-order valence-electron chi connectivity index (χ0n) is 20.1. The van der Waals surface area contributed by atoms with Gasteiger partial charge < -0.3 is 20.1 Å². The first kappa shape index (κ1) is 28.8. The van der Waals surface area contributed by atoms with Crippen LogP contribution in [0.3, 0.4) is 0 Å². The number of sulfonamides is 1. The van der Waals surface area contributed by atoms with Gasteiger partial charge in [-0.3, -0.25) is 14.3 Å². The molecule has 2 aromatic carbocycles. The lowest BCUT2D eigenvalue weighted by Gasteiger charge is -2.22.